The highest BCUT2D eigenvalue weighted by molar-refractivity contribution is 5.58. The van der Waals surface area contributed by atoms with Gasteiger partial charge in [0.25, 0.3) is 0 Å². The zero-order chi connectivity index (χ0) is 29.6. The fourth-order valence-electron chi connectivity index (χ4n) is 6.94. The summed E-state index contributed by atoms with van der Waals surface area (Å²) < 4.78 is 52.6. The van der Waals surface area contributed by atoms with Crippen LogP contribution >= 0.6 is 0 Å². The Morgan fingerprint density at radius 2 is 1.98 bits per heavy atom. The molecule has 0 amide bonds. The summed E-state index contributed by atoms with van der Waals surface area (Å²) in [5, 5.41) is 8.50. The highest BCUT2D eigenvalue weighted by Crippen LogP contribution is 2.46. The number of likely N-dealkylation sites (tertiary alicyclic amines) is 1. The first-order chi connectivity index (χ1) is 20.1. The predicted octanol–water partition coefficient (Wildman–Crippen LogP) is 5.27. The molecule has 4 heterocycles. The van der Waals surface area contributed by atoms with Crippen molar-refractivity contribution < 1.29 is 17.9 Å². The molecule has 1 aliphatic carbocycles. The van der Waals surface area contributed by atoms with E-state index in [0.29, 0.717) is 42.2 Å². The molecule has 1 aliphatic heterocycles. The van der Waals surface area contributed by atoms with Crippen molar-refractivity contribution >= 4 is 5.52 Å². The van der Waals surface area contributed by atoms with Gasteiger partial charge < -0.3 is 9.30 Å². The monoisotopic (exact) mass is 582 g/mol. The van der Waals surface area contributed by atoms with Crippen molar-refractivity contribution in [1.82, 2.24) is 28.6 Å². The predicted molar refractivity (Wildman–Crippen MR) is 153 cm³/mol. The van der Waals surface area contributed by atoms with Crippen molar-refractivity contribution in [3.05, 3.63) is 82.1 Å². The van der Waals surface area contributed by atoms with E-state index in [4.69, 9.17) is 4.74 Å². The van der Waals surface area contributed by atoms with E-state index in [1.165, 1.54) is 16.8 Å². The summed E-state index contributed by atoms with van der Waals surface area (Å²) in [7, 11) is 3.61. The van der Waals surface area contributed by atoms with Gasteiger partial charge >= 0.3 is 11.9 Å². The minimum atomic E-state index is -4.60. The van der Waals surface area contributed by atoms with E-state index in [1.807, 2.05) is 29.8 Å². The Hall–Kier alpha value is -3.44. The topological polar surface area (TPSA) is 69.6 Å². The van der Waals surface area contributed by atoms with E-state index in [2.05, 4.69) is 22.0 Å². The maximum Gasteiger partial charge on any atom is 0.418 e. The first kappa shape index (κ1) is 28.7. The lowest BCUT2D eigenvalue weighted by Crippen LogP contribution is -2.34. The lowest BCUT2D eigenvalue weighted by Gasteiger charge is -2.40. The Kier molecular flexibility index (Phi) is 7.74. The standard InChI is InChI=1S/C31H37F3N6O2/c1-20-6-5-9-38(14-20)15-22-12-26(31(32,33)34)27-17-39(30(41)40(27)16-22)25-8-4-7-23(13-25)28(29-36-35-19-37(29)2)24-10-21(11-24)18-42-3/h4,7-8,12-13,16-17,19-21,24,28H,5-6,9-11,14-15,18H2,1-3H3/t20-,21?,24?,28+/m0/s1. The average Bonchev–Trinajstić information content (AvgIpc) is 3.49. The van der Waals surface area contributed by atoms with E-state index < -0.39 is 17.4 Å². The van der Waals surface area contributed by atoms with E-state index >= 15 is 0 Å². The molecule has 8 nitrogen and oxygen atoms in total. The number of benzene rings is 1. The van der Waals surface area contributed by atoms with Crippen molar-refractivity contribution in [3.63, 3.8) is 0 Å². The lowest BCUT2D eigenvalue weighted by molar-refractivity contribution is -0.136. The second-order valence-corrected chi connectivity index (χ2v) is 12.2. The number of ether oxygens (including phenoxy) is 1. The summed E-state index contributed by atoms with van der Waals surface area (Å²) in [6.07, 6.45) is 4.03. The second-order valence-electron chi connectivity index (χ2n) is 12.2. The number of imidazole rings is 1. The molecule has 11 heteroatoms. The largest absolute Gasteiger partial charge is 0.418 e. The number of pyridine rings is 1. The molecule has 2 atom stereocenters. The summed E-state index contributed by atoms with van der Waals surface area (Å²) >= 11 is 0. The summed E-state index contributed by atoms with van der Waals surface area (Å²) in [5.41, 5.74) is 0.465. The Balaban J connectivity index is 1.39. The van der Waals surface area contributed by atoms with Crippen LogP contribution in [0.15, 0.2) is 53.8 Å². The maximum absolute atomic E-state index is 14.3. The molecule has 0 N–H and O–H groups in total. The molecule has 224 valence electrons. The van der Waals surface area contributed by atoms with Gasteiger partial charge in [-0.1, -0.05) is 19.1 Å². The molecular weight excluding hydrogens is 545 g/mol. The van der Waals surface area contributed by atoms with Gasteiger partial charge in [0.2, 0.25) is 0 Å². The number of nitrogens with zero attached hydrogens (tertiary/aromatic N) is 6. The number of halogens is 3. The van der Waals surface area contributed by atoms with Gasteiger partial charge in [-0.05, 0) is 79.3 Å². The summed E-state index contributed by atoms with van der Waals surface area (Å²) in [6, 6.07) is 8.70. The highest BCUT2D eigenvalue weighted by atomic mass is 19.4. The molecule has 42 heavy (non-hydrogen) atoms. The quantitative estimate of drug-likeness (QED) is 0.283. The molecule has 1 aromatic carbocycles. The smallest absolute Gasteiger partial charge is 0.384 e. The molecule has 1 saturated heterocycles. The fourth-order valence-corrected chi connectivity index (χ4v) is 6.94. The molecule has 0 spiro atoms. The third kappa shape index (κ3) is 5.51. The molecular formula is C31H37F3N6O2. The van der Waals surface area contributed by atoms with Crippen LogP contribution in [0.3, 0.4) is 0 Å². The third-order valence-electron chi connectivity index (χ3n) is 8.95. The van der Waals surface area contributed by atoms with Crippen molar-refractivity contribution in [2.24, 2.45) is 24.8 Å². The van der Waals surface area contributed by atoms with Gasteiger partial charge in [-0.3, -0.25) is 13.9 Å². The Labute approximate surface area is 242 Å². The number of alkyl halides is 3. The molecule has 2 aliphatic rings. The Morgan fingerprint density at radius 3 is 2.67 bits per heavy atom. The third-order valence-corrected chi connectivity index (χ3v) is 8.95. The number of hydrogen-bond donors (Lipinski definition) is 0. The van der Waals surface area contributed by atoms with Gasteiger partial charge in [0, 0.05) is 52.2 Å². The van der Waals surface area contributed by atoms with Gasteiger partial charge in [-0.15, -0.1) is 10.2 Å². The van der Waals surface area contributed by atoms with Crippen LogP contribution in [0.1, 0.15) is 61.0 Å². The zero-order valence-corrected chi connectivity index (χ0v) is 24.2. The van der Waals surface area contributed by atoms with Crippen molar-refractivity contribution in [2.75, 3.05) is 26.8 Å². The van der Waals surface area contributed by atoms with Gasteiger partial charge in [0.05, 0.1) is 16.8 Å². The van der Waals surface area contributed by atoms with E-state index in [9.17, 15) is 18.0 Å². The molecule has 0 radical (unpaired) electrons. The summed E-state index contributed by atoms with van der Waals surface area (Å²) in [6.45, 7) is 4.91. The van der Waals surface area contributed by atoms with Crippen LogP contribution in [-0.4, -0.2) is 55.4 Å². The zero-order valence-electron chi connectivity index (χ0n) is 24.2. The van der Waals surface area contributed by atoms with Crippen LogP contribution in [0.5, 0.6) is 0 Å². The molecule has 0 bridgehead atoms. The lowest BCUT2D eigenvalue weighted by atomic mass is 9.66. The molecule has 1 saturated carbocycles. The SMILES string of the molecule is COCC1CC([C@@H](c2cccc(-n3cc4c(C(F)(F)F)cc(CN5CCC[C@H](C)C5)cn4c3=O)c2)c2nncn2C)C1. The molecule has 6 rings (SSSR count). The van der Waals surface area contributed by atoms with Gasteiger partial charge in [-0.25, -0.2) is 4.79 Å². The molecule has 2 fully saturated rings. The van der Waals surface area contributed by atoms with E-state index in [-0.39, 0.29) is 11.4 Å². The normalized spacial score (nSPS) is 22.4. The Bertz CT molecular complexity index is 1620. The van der Waals surface area contributed by atoms with Crippen molar-refractivity contribution in [2.45, 2.75) is 51.2 Å². The minimum absolute atomic E-state index is 0.0671. The van der Waals surface area contributed by atoms with Crippen LogP contribution in [0.4, 0.5) is 13.2 Å². The minimum Gasteiger partial charge on any atom is -0.384 e. The Morgan fingerprint density at radius 1 is 1.17 bits per heavy atom. The molecule has 0 unspecified atom stereocenters. The van der Waals surface area contributed by atoms with Crippen LogP contribution in [0.2, 0.25) is 0 Å². The van der Waals surface area contributed by atoms with Gasteiger partial charge in [0.1, 0.15) is 12.2 Å². The van der Waals surface area contributed by atoms with Crippen LogP contribution < -0.4 is 5.69 Å². The van der Waals surface area contributed by atoms with E-state index in [0.717, 1.165) is 54.6 Å². The highest BCUT2D eigenvalue weighted by Gasteiger charge is 2.39. The number of hydrogen-bond acceptors (Lipinski definition) is 5. The number of fused-ring (bicyclic) bond motifs is 1. The van der Waals surface area contributed by atoms with Gasteiger partial charge in [0.15, 0.2) is 0 Å². The number of rotatable bonds is 8. The van der Waals surface area contributed by atoms with Crippen LogP contribution in [0.25, 0.3) is 11.2 Å². The summed E-state index contributed by atoms with van der Waals surface area (Å²) in [4.78, 5) is 15.9. The van der Waals surface area contributed by atoms with Crippen LogP contribution in [0, 0.1) is 17.8 Å². The number of methoxy groups -OCH3 is 1. The number of piperidine rings is 1. The van der Waals surface area contributed by atoms with Gasteiger partial charge in [-0.2, -0.15) is 13.2 Å². The first-order valence-electron chi connectivity index (χ1n) is 14.6. The fraction of sp³-hybridized carbons (Fsp3) is 0.516. The number of aryl methyl sites for hydroxylation is 1. The number of aromatic nitrogens is 5. The van der Waals surface area contributed by atoms with Crippen LogP contribution in [-0.2, 0) is 24.5 Å². The van der Waals surface area contributed by atoms with Crippen molar-refractivity contribution in [1.29, 1.82) is 0 Å². The first-order valence-corrected chi connectivity index (χ1v) is 14.6. The summed E-state index contributed by atoms with van der Waals surface area (Å²) in [5.74, 6) is 2.03. The molecule has 4 aromatic rings. The average molecular weight is 583 g/mol. The maximum atomic E-state index is 14.3. The van der Waals surface area contributed by atoms with E-state index in [1.54, 1.807) is 25.7 Å². The second kappa shape index (κ2) is 11.3. The van der Waals surface area contributed by atoms with Crippen molar-refractivity contribution in [3.8, 4) is 5.69 Å². The molecule has 3 aromatic heterocycles.